The third kappa shape index (κ3) is 8.05. The van der Waals surface area contributed by atoms with Crippen LogP contribution in [0, 0.1) is 20.2 Å². The summed E-state index contributed by atoms with van der Waals surface area (Å²) in [6.07, 6.45) is 1.43. The number of nitro benzene ring substituents is 2. The van der Waals surface area contributed by atoms with Crippen LogP contribution in [-0.2, 0) is 12.8 Å². The van der Waals surface area contributed by atoms with Crippen LogP contribution in [0.25, 0.3) is 33.4 Å². The van der Waals surface area contributed by atoms with Gasteiger partial charge in [-0.3, -0.25) is 20.2 Å². The molecule has 0 aromatic heterocycles. The summed E-state index contributed by atoms with van der Waals surface area (Å²) in [6.45, 7) is 13.0. The summed E-state index contributed by atoms with van der Waals surface area (Å²) >= 11 is 0. The molecule has 54 heavy (non-hydrogen) atoms. The number of hydrogen-bond acceptors (Lipinski definition) is 8. The van der Waals surface area contributed by atoms with E-state index in [-0.39, 0.29) is 27.0 Å². The van der Waals surface area contributed by atoms with E-state index in [4.69, 9.17) is 4.42 Å². The van der Waals surface area contributed by atoms with Gasteiger partial charge in [-0.05, 0) is 75.6 Å². The third-order valence-electron chi connectivity index (χ3n) is 10.2. The van der Waals surface area contributed by atoms with Crippen molar-refractivity contribution in [2.24, 2.45) is 0 Å². The summed E-state index contributed by atoms with van der Waals surface area (Å²) in [4.78, 5) is 25.9. The molecule has 0 bridgehead atoms. The van der Waals surface area contributed by atoms with Gasteiger partial charge in [-0.2, -0.15) is 0 Å². The zero-order chi connectivity index (χ0) is 38.4. The van der Waals surface area contributed by atoms with Crippen molar-refractivity contribution < 1.29 is 19.4 Å². The average Bonchev–Trinajstić information content (AvgIpc) is 3.18. The molecule has 0 unspecified atom stereocenters. The Morgan fingerprint density at radius 2 is 1.22 bits per heavy atom. The third-order valence-corrected chi connectivity index (χ3v) is 10.2. The van der Waals surface area contributed by atoms with Gasteiger partial charge in [0.05, 0.1) is 15.9 Å². The van der Waals surface area contributed by atoms with Crippen LogP contribution >= 0.6 is 0 Å². The highest BCUT2D eigenvalue weighted by molar-refractivity contribution is 6.04. The van der Waals surface area contributed by atoms with E-state index in [1.54, 1.807) is 48.5 Å². The number of fused-ring (bicyclic) bond motifs is 2. The van der Waals surface area contributed by atoms with Crippen LogP contribution in [0.3, 0.4) is 0 Å². The Labute approximate surface area is 314 Å². The van der Waals surface area contributed by atoms with Gasteiger partial charge in [0.2, 0.25) is 5.36 Å². The minimum Gasteiger partial charge on any atom is -0.507 e. The fourth-order valence-electron chi connectivity index (χ4n) is 7.10. The molecule has 278 valence electrons. The molecule has 6 rings (SSSR count). The first-order valence-electron chi connectivity index (χ1n) is 18.5. The minimum absolute atomic E-state index is 0.0775. The number of rotatable bonds is 15. The Kier molecular flexibility index (Phi) is 11.6. The lowest BCUT2D eigenvalue weighted by Crippen LogP contribution is -2.31. The van der Waals surface area contributed by atoms with Crippen molar-refractivity contribution in [3.63, 3.8) is 0 Å². The second kappa shape index (κ2) is 16.6. The molecular formula is C43H46N5O6+. The van der Waals surface area contributed by atoms with E-state index in [9.17, 15) is 25.3 Å². The summed E-state index contributed by atoms with van der Waals surface area (Å²) < 4.78 is 9.00. The van der Waals surface area contributed by atoms with Gasteiger partial charge < -0.3 is 19.3 Å². The summed E-state index contributed by atoms with van der Waals surface area (Å²) in [7, 11) is 0. The summed E-state index contributed by atoms with van der Waals surface area (Å²) in [5, 5.41) is 35.7. The number of nitrogens with zero attached hydrogens (tertiary/aromatic N) is 5. The van der Waals surface area contributed by atoms with E-state index in [1.165, 1.54) is 0 Å². The largest absolute Gasteiger partial charge is 0.507 e. The van der Waals surface area contributed by atoms with Crippen LogP contribution in [0.5, 0.6) is 5.75 Å². The van der Waals surface area contributed by atoms with Gasteiger partial charge in [-0.25, -0.2) is 4.58 Å². The normalized spacial score (nSPS) is 11.9. The highest BCUT2D eigenvalue weighted by Crippen LogP contribution is 2.44. The first-order chi connectivity index (χ1) is 26.1. The lowest BCUT2D eigenvalue weighted by molar-refractivity contribution is -0.385. The van der Waals surface area contributed by atoms with Crippen LogP contribution in [-0.4, -0.2) is 54.2 Å². The molecule has 1 N–H and O–H groups in total. The number of hydrogen-bond donors (Lipinski definition) is 1. The van der Waals surface area contributed by atoms with Crippen molar-refractivity contribution in [1.82, 2.24) is 4.58 Å². The number of likely N-dealkylation sites (N-methyl/N-ethyl adjacent to an activating group) is 2. The quantitative estimate of drug-likeness (QED) is 0.0482. The highest BCUT2D eigenvalue weighted by atomic mass is 16.6. The zero-order valence-corrected chi connectivity index (χ0v) is 31.2. The Hall–Kier alpha value is -6.23. The zero-order valence-electron chi connectivity index (χ0n) is 31.2. The molecule has 0 radical (unpaired) electrons. The molecule has 11 heteroatoms. The molecule has 0 amide bonds. The number of phenols is 1. The van der Waals surface area contributed by atoms with Crippen LogP contribution in [0.2, 0.25) is 0 Å². The van der Waals surface area contributed by atoms with E-state index in [0.717, 1.165) is 70.6 Å². The maximum Gasteiger partial charge on any atom is 0.269 e. The predicted octanol–water partition coefficient (Wildman–Crippen LogP) is 8.68. The molecule has 0 spiro atoms. The van der Waals surface area contributed by atoms with Gasteiger partial charge >= 0.3 is 0 Å². The maximum absolute atomic E-state index is 11.6. The fraction of sp³-hybridized carbons (Fsp3) is 0.279. The Bertz CT molecular complexity index is 2310. The molecule has 0 saturated carbocycles. The minimum atomic E-state index is -0.386. The summed E-state index contributed by atoms with van der Waals surface area (Å²) in [5.41, 5.74) is 7.29. The molecule has 0 fully saturated rings. The van der Waals surface area contributed by atoms with Crippen LogP contribution in [0.15, 0.2) is 108 Å². The molecule has 4 aromatic rings. The Morgan fingerprint density at radius 1 is 0.648 bits per heavy atom. The van der Waals surface area contributed by atoms with Crippen molar-refractivity contribution in [1.29, 1.82) is 0 Å². The van der Waals surface area contributed by atoms with Crippen molar-refractivity contribution in [2.45, 2.75) is 40.5 Å². The average molecular weight is 729 g/mol. The lowest BCUT2D eigenvalue weighted by Gasteiger charge is -2.25. The fourth-order valence-corrected chi connectivity index (χ4v) is 7.10. The molecule has 2 aliphatic rings. The van der Waals surface area contributed by atoms with Gasteiger partial charge in [-0.15, -0.1) is 0 Å². The standard InChI is InChI=1S/C43H45N5O6/c1-5-44(6-2)34-17-20-37(40(49)27-34)43-38-21-18-35(45(7-3)25-23-30-9-13-32(14-10-30)47(50)51)28-41(38)54-42-29-36(19-22-39(42)43)46(8-4)26-24-31-11-15-33(16-12-31)48(52)53/h9-22,27-29H,5-8,23-26H2,1-4H3/p+1. The van der Waals surface area contributed by atoms with Crippen molar-refractivity contribution >= 4 is 33.7 Å². The van der Waals surface area contributed by atoms with Gasteiger partial charge in [0.25, 0.3) is 11.4 Å². The van der Waals surface area contributed by atoms with Crippen molar-refractivity contribution in [3.05, 3.63) is 140 Å². The van der Waals surface area contributed by atoms with Crippen LogP contribution in [0.4, 0.5) is 22.7 Å². The second-order valence-corrected chi connectivity index (χ2v) is 13.2. The first-order valence-corrected chi connectivity index (χ1v) is 18.5. The van der Waals surface area contributed by atoms with Crippen molar-refractivity contribution in [3.8, 4) is 28.2 Å². The predicted molar refractivity (Wildman–Crippen MR) is 216 cm³/mol. The van der Waals surface area contributed by atoms with E-state index in [0.29, 0.717) is 42.8 Å². The molecule has 1 aliphatic heterocycles. The van der Waals surface area contributed by atoms with Crippen molar-refractivity contribution in [2.75, 3.05) is 49.1 Å². The molecule has 0 atom stereocenters. The number of phenolic OH excluding ortho intramolecular Hbond substituents is 1. The molecule has 1 heterocycles. The highest BCUT2D eigenvalue weighted by Gasteiger charge is 2.22. The second-order valence-electron chi connectivity index (χ2n) is 13.2. The summed E-state index contributed by atoms with van der Waals surface area (Å²) in [5.74, 6) is 0.875. The van der Waals surface area contributed by atoms with E-state index in [2.05, 4.69) is 84.5 Å². The number of aromatic hydroxyl groups is 1. The van der Waals surface area contributed by atoms with E-state index < -0.39 is 0 Å². The number of non-ortho nitro benzene ring substituents is 2. The van der Waals surface area contributed by atoms with Gasteiger partial charge in [0.1, 0.15) is 30.2 Å². The molecule has 4 aromatic carbocycles. The molecule has 11 nitrogen and oxygen atoms in total. The number of anilines is 2. The van der Waals surface area contributed by atoms with Crippen LogP contribution < -0.4 is 19.7 Å². The molecular weight excluding hydrogens is 683 g/mol. The van der Waals surface area contributed by atoms with Gasteiger partial charge in [0.15, 0.2) is 0 Å². The SMILES string of the molecule is CCN(CC)c1ccc(-c2c3cc/c(=[N+](/CC)CCc4ccc([N+](=O)[O-])cc4)cc-3oc3cc(N(CC)CCc4ccc([N+](=O)[O-])cc4)ccc23)c(O)c1. The maximum atomic E-state index is 11.6. The Balaban J connectivity index is 1.43. The summed E-state index contributed by atoms with van der Waals surface area (Å²) in [6, 6.07) is 31.7. The number of benzene rings is 5. The van der Waals surface area contributed by atoms with Gasteiger partial charge in [-0.1, -0.05) is 24.3 Å². The van der Waals surface area contributed by atoms with Crippen LogP contribution in [0.1, 0.15) is 38.8 Å². The van der Waals surface area contributed by atoms with E-state index >= 15 is 0 Å². The monoisotopic (exact) mass is 728 g/mol. The molecule has 0 saturated heterocycles. The topological polar surface area (TPSA) is 129 Å². The molecule has 1 aliphatic carbocycles. The smallest absolute Gasteiger partial charge is 0.269 e. The van der Waals surface area contributed by atoms with Gasteiger partial charge in [0, 0.05) is 109 Å². The first kappa shape index (κ1) is 37.5. The Morgan fingerprint density at radius 3 is 1.80 bits per heavy atom. The number of nitro groups is 2. The van der Waals surface area contributed by atoms with E-state index in [1.807, 2.05) is 12.1 Å². The lowest BCUT2D eigenvalue weighted by atomic mass is 9.92.